The van der Waals surface area contributed by atoms with Gasteiger partial charge in [0.2, 0.25) is 0 Å². The summed E-state index contributed by atoms with van der Waals surface area (Å²) in [6.45, 7) is 6.17. The third-order valence-corrected chi connectivity index (χ3v) is 2.67. The van der Waals surface area contributed by atoms with Crippen molar-refractivity contribution in [2.75, 3.05) is 24.6 Å². The standard InChI is InChI=1S/C11H16N2O3/c1-3-15-10(14)9-7-16-11(12-9)13-5-4-8(2)6-13/h7-8H,3-6H2,1-2H3. The van der Waals surface area contributed by atoms with Crippen molar-refractivity contribution in [1.29, 1.82) is 0 Å². The third kappa shape index (κ3) is 2.18. The van der Waals surface area contributed by atoms with E-state index in [4.69, 9.17) is 9.15 Å². The van der Waals surface area contributed by atoms with E-state index >= 15 is 0 Å². The van der Waals surface area contributed by atoms with Crippen molar-refractivity contribution in [2.45, 2.75) is 20.3 Å². The molecule has 1 aliphatic heterocycles. The normalized spacial score (nSPS) is 20.1. The minimum Gasteiger partial charge on any atom is -0.461 e. The topological polar surface area (TPSA) is 55.6 Å². The van der Waals surface area contributed by atoms with Crippen molar-refractivity contribution in [2.24, 2.45) is 5.92 Å². The van der Waals surface area contributed by atoms with Gasteiger partial charge in [0, 0.05) is 13.1 Å². The highest BCUT2D eigenvalue weighted by atomic mass is 16.5. The second-order valence-corrected chi connectivity index (χ2v) is 4.08. The minimum absolute atomic E-state index is 0.247. The highest BCUT2D eigenvalue weighted by molar-refractivity contribution is 5.87. The lowest BCUT2D eigenvalue weighted by atomic mass is 10.2. The lowest BCUT2D eigenvalue weighted by Crippen LogP contribution is -2.19. The number of hydrogen-bond donors (Lipinski definition) is 0. The van der Waals surface area contributed by atoms with Crippen LogP contribution in [-0.2, 0) is 4.74 Å². The van der Waals surface area contributed by atoms with Crippen molar-refractivity contribution < 1.29 is 13.9 Å². The van der Waals surface area contributed by atoms with Crippen LogP contribution in [0.1, 0.15) is 30.8 Å². The molecule has 1 fully saturated rings. The maximum atomic E-state index is 11.4. The van der Waals surface area contributed by atoms with Gasteiger partial charge < -0.3 is 14.1 Å². The third-order valence-electron chi connectivity index (χ3n) is 2.67. The molecule has 0 bridgehead atoms. The van der Waals surface area contributed by atoms with E-state index in [1.165, 1.54) is 6.26 Å². The van der Waals surface area contributed by atoms with Gasteiger partial charge in [-0.1, -0.05) is 6.92 Å². The Morgan fingerprint density at radius 3 is 3.19 bits per heavy atom. The fourth-order valence-corrected chi connectivity index (χ4v) is 1.82. The second kappa shape index (κ2) is 4.55. The summed E-state index contributed by atoms with van der Waals surface area (Å²) in [4.78, 5) is 17.6. The molecule has 0 N–H and O–H groups in total. The van der Waals surface area contributed by atoms with E-state index in [2.05, 4.69) is 11.9 Å². The monoisotopic (exact) mass is 224 g/mol. The number of carbonyl (C=O) groups is 1. The van der Waals surface area contributed by atoms with Crippen LogP contribution in [0.4, 0.5) is 6.01 Å². The van der Waals surface area contributed by atoms with Gasteiger partial charge in [-0.3, -0.25) is 0 Å². The average molecular weight is 224 g/mol. The number of hydrogen-bond acceptors (Lipinski definition) is 5. The molecule has 5 heteroatoms. The number of rotatable bonds is 3. The maximum absolute atomic E-state index is 11.4. The van der Waals surface area contributed by atoms with Crippen molar-refractivity contribution in [3.8, 4) is 0 Å². The molecule has 0 spiro atoms. The van der Waals surface area contributed by atoms with E-state index in [1.807, 2.05) is 4.90 Å². The van der Waals surface area contributed by atoms with E-state index in [0.717, 1.165) is 19.5 Å². The van der Waals surface area contributed by atoms with Gasteiger partial charge in [-0.2, -0.15) is 4.98 Å². The zero-order chi connectivity index (χ0) is 11.5. The molecule has 2 heterocycles. The largest absolute Gasteiger partial charge is 0.461 e. The fourth-order valence-electron chi connectivity index (χ4n) is 1.82. The van der Waals surface area contributed by atoms with Crippen LogP contribution in [0.5, 0.6) is 0 Å². The first-order valence-corrected chi connectivity index (χ1v) is 5.58. The Bertz CT molecular complexity index is 375. The summed E-state index contributed by atoms with van der Waals surface area (Å²) in [7, 11) is 0. The number of aromatic nitrogens is 1. The predicted octanol–water partition coefficient (Wildman–Crippen LogP) is 1.70. The van der Waals surface area contributed by atoms with E-state index in [-0.39, 0.29) is 5.69 Å². The molecular formula is C11H16N2O3. The molecule has 0 aromatic carbocycles. The summed E-state index contributed by atoms with van der Waals surface area (Å²) in [6.07, 6.45) is 2.49. The average Bonchev–Trinajstić information content (AvgIpc) is 2.85. The van der Waals surface area contributed by atoms with Gasteiger partial charge in [-0.05, 0) is 19.3 Å². The first-order chi connectivity index (χ1) is 7.70. The number of esters is 1. The number of oxazole rings is 1. The van der Waals surface area contributed by atoms with Gasteiger partial charge in [0.1, 0.15) is 6.26 Å². The Hall–Kier alpha value is -1.52. The number of carbonyl (C=O) groups excluding carboxylic acids is 1. The highest BCUT2D eigenvalue weighted by Crippen LogP contribution is 2.22. The van der Waals surface area contributed by atoms with Crippen LogP contribution >= 0.6 is 0 Å². The molecule has 1 aliphatic rings. The van der Waals surface area contributed by atoms with Crippen LogP contribution in [-0.4, -0.2) is 30.6 Å². The van der Waals surface area contributed by atoms with Crippen LogP contribution in [0.2, 0.25) is 0 Å². The van der Waals surface area contributed by atoms with Gasteiger partial charge in [0.05, 0.1) is 6.61 Å². The maximum Gasteiger partial charge on any atom is 0.360 e. The number of nitrogens with zero attached hydrogens (tertiary/aromatic N) is 2. The molecule has 1 unspecified atom stereocenters. The molecule has 16 heavy (non-hydrogen) atoms. The molecule has 0 aliphatic carbocycles. The molecule has 0 saturated carbocycles. The van der Waals surface area contributed by atoms with Crippen molar-refractivity contribution in [3.63, 3.8) is 0 Å². The summed E-state index contributed by atoms with van der Waals surface area (Å²) in [5, 5.41) is 0. The van der Waals surface area contributed by atoms with Crippen LogP contribution < -0.4 is 4.90 Å². The molecule has 88 valence electrons. The summed E-state index contributed by atoms with van der Waals surface area (Å²) >= 11 is 0. The molecule has 5 nitrogen and oxygen atoms in total. The Kier molecular flexibility index (Phi) is 3.12. The zero-order valence-corrected chi connectivity index (χ0v) is 9.60. The zero-order valence-electron chi connectivity index (χ0n) is 9.60. The fraction of sp³-hybridized carbons (Fsp3) is 0.636. The van der Waals surface area contributed by atoms with Crippen LogP contribution in [0, 0.1) is 5.92 Å². The second-order valence-electron chi connectivity index (χ2n) is 4.08. The lowest BCUT2D eigenvalue weighted by Gasteiger charge is -2.11. The molecule has 2 rings (SSSR count). The Morgan fingerprint density at radius 2 is 2.56 bits per heavy atom. The van der Waals surface area contributed by atoms with Crippen LogP contribution in [0.25, 0.3) is 0 Å². The molecule has 0 amide bonds. The Morgan fingerprint density at radius 1 is 1.75 bits per heavy atom. The highest BCUT2D eigenvalue weighted by Gasteiger charge is 2.24. The molecule has 1 saturated heterocycles. The van der Waals surface area contributed by atoms with E-state index in [9.17, 15) is 4.79 Å². The van der Waals surface area contributed by atoms with Gasteiger partial charge in [-0.15, -0.1) is 0 Å². The lowest BCUT2D eigenvalue weighted by molar-refractivity contribution is 0.0519. The van der Waals surface area contributed by atoms with Crippen molar-refractivity contribution in [1.82, 2.24) is 4.98 Å². The summed E-state index contributed by atoms with van der Waals surface area (Å²) < 4.78 is 10.1. The Labute approximate surface area is 94.4 Å². The van der Waals surface area contributed by atoms with E-state index in [1.54, 1.807) is 6.92 Å². The summed E-state index contributed by atoms with van der Waals surface area (Å²) in [6, 6.07) is 0.521. The molecule has 1 aromatic heterocycles. The van der Waals surface area contributed by atoms with E-state index < -0.39 is 5.97 Å². The van der Waals surface area contributed by atoms with Gasteiger partial charge >= 0.3 is 5.97 Å². The Balaban J connectivity index is 2.04. The first kappa shape index (κ1) is 11.0. The smallest absolute Gasteiger partial charge is 0.360 e. The van der Waals surface area contributed by atoms with Gasteiger partial charge in [0.15, 0.2) is 5.69 Å². The molecule has 0 radical (unpaired) electrons. The van der Waals surface area contributed by atoms with E-state index in [0.29, 0.717) is 18.5 Å². The summed E-state index contributed by atoms with van der Waals surface area (Å²) in [5.74, 6) is 0.225. The first-order valence-electron chi connectivity index (χ1n) is 5.58. The molecular weight excluding hydrogens is 208 g/mol. The molecule has 1 atom stereocenters. The number of anilines is 1. The van der Waals surface area contributed by atoms with Crippen LogP contribution in [0.3, 0.4) is 0 Å². The van der Waals surface area contributed by atoms with Crippen molar-refractivity contribution >= 4 is 12.0 Å². The van der Waals surface area contributed by atoms with Crippen LogP contribution in [0.15, 0.2) is 10.7 Å². The predicted molar refractivity (Wildman–Crippen MR) is 58.5 cm³/mol. The summed E-state index contributed by atoms with van der Waals surface area (Å²) in [5.41, 5.74) is 0.247. The molecule has 1 aromatic rings. The quantitative estimate of drug-likeness (QED) is 0.731. The SMILES string of the molecule is CCOC(=O)c1coc(N2CCC(C)C2)n1. The minimum atomic E-state index is -0.426. The van der Waals surface area contributed by atoms with Gasteiger partial charge in [0.25, 0.3) is 6.01 Å². The van der Waals surface area contributed by atoms with Crippen molar-refractivity contribution in [3.05, 3.63) is 12.0 Å². The van der Waals surface area contributed by atoms with Gasteiger partial charge in [-0.25, -0.2) is 4.79 Å². The number of ether oxygens (including phenoxy) is 1.